The van der Waals surface area contributed by atoms with Crippen molar-refractivity contribution in [2.45, 2.75) is 41.5 Å². The van der Waals surface area contributed by atoms with E-state index in [4.69, 9.17) is 0 Å². The summed E-state index contributed by atoms with van der Waals surface area (Å²) in [7, 11) is 0. The van der Waals surface area contributed by atoms with Gasteiger partial charge in [-0.25, -0.2) is 9.66 Å². The van der Waals surface area contributed by atoms with E-state index in [9.17, 15) is 0 Å². The van der Waals surface area contributed by atoms with Crippen molar-refractivity contribution in [2.75, 3.05) is 0 Å². The first-order chi connectivity index (χ1) is 7.24. The second kappa shape index (κ2) is 10.7. The molecule has 0 atom stereocenters. The molecule has 0 radical (unpaired) electrons. The molecule has 15 heavy (non-hydrogen) atoms. The molecule has 0 aliphatic heterocycles. The van der Waals surface area contributed by atoms with Crippen LogP contribution in [0.3, 0.4) is 0 Å². The Bertz CT molecular complexity index is 281. The molecule has 0 unspecified atom stereocenters. The van der Waals surface area contributed by atoms with Crippen LogP contribution in [0.5, 0.6) is 0 Å². The molecule has 0 amide bonds. The van der Waals surface area contributed by atoms with Gasteiger partial charge < -0.3 is 0 Å². The SMILES string of the molecule is C=Cc1nccn1N=C(C)C.CC.CC. The zero-order chi connectivity index (χ0) is 12.3. The van der Waals surface area contributed by atoms with E-state index in [0.717, 1.165) is 11.5 Å². The summed E-state index contributed by atoms with van der Waals surface area (Å²) in [5, 5.41) is 4.19. The largest absolute Gasteiger partial charge is 0.236 e. The fourth-order valence-electron chi connectivity index (χ4n) is 0.755. The first-order valence-electron chi connectivity index (χ1n) is 5.42. The van der Waals surface area contributed by atoms with Gasteiger partial charge >= 0.3 is 0 Å². The van der Waals surface area contributed by atoms with Crippen LogP contribution in [0, 0.1) is 0 Å². The summed E-state index contributed by atoms with van der Waals surface area (Å²) < 4.78 is 1.70. The maximum atomic E-state index is 4.19. The van der Waals surface area contributed by atoms with E-state index in [1.165, 1.54) is 0 Å². The summed E-state index contributed by atoms with van der Waals surface area (Å²) in [6.07, 6.45) is 5.17. The van der Waals surface area contributed by atoms with E-state index >= 15 is 0 Å². The maximum Gasteiger partial charge on any atom is 0.152 e. The van der Waals surface area contributed by atoms with E-state index in [2.05, 4.69) is 16.7 Å². The molecule has 3 heteroatoms. The summed E-state index contributed by atoms with van der Waals surface area (Å²) in [5.74, 6) is 0.770. The van der Waals surface area contributed by atoms with Gasteiger partial charge in [-0.1, -0.05) is 34.3 Å². The van der Waals surface area contributed by atoms with Crippen LogP contribution in [-0.4, -0.2) is 15.4 Å². The van der Waals surface area contributed by atoms with Crippen molar-refractivity contribution in [3.63, 3.8) is 0 Å². The summed E-state index contributed by atoms with van der Waals surface area (Å²) in [6, 6.07) is 0. The van der Waals surface area contributed by atoms with Crippen molar-refractivity contribution in [3.8, 4) is 0 Å². The molecule has 0 aliphatic rings. The third kappa shape index (κ3) is 6.66. The van der Waals surface area contributed by atoms with Crippen LogP contribution in [0.4, 0.5) is 0 Å². The summed E-state index contributed by atoms with van der Waals surface area (Å²) >= 11 is 0. The van der Waals surface area contributed by atoms with E-state index in [1.54, 1.807) is 23.1 Å². The lowest BCUT2D eigenvalue weighted by Gasteiger charge is -1.95. The van der Waals surface area contributed by atoms with Crippen molar-refractivity contribution < 1.29 is 0 Å². The Morgan fingerprint density at radius 3 is 2.27 bits per heavy atom. The Morgan fingerprint density at radius 1 is 1.33 bits per heavy atom. The van der Waals surface area contributed by atoms with Gasteiger partial charge in [-0.2, -0.15) is 5.10 Å². The van der Waals surface area contributed by atoms with Crippen molar-refractivity contribution in [3.05, 3.63) is 24.8 Å². The van der Waals surface area contributed by atoms with Crippen LogP contribution in [0.25, 0.3) is 6.08 Å². The van der Waals surface area contributed by atoms with Crippen molar-refractivity contribution >= 4 is 11.8 Å². The third-order valence-electron chi connectivity index (χ3n) is 1.14. The van der Waals surface area contributed by atoms with Crippen LogP contribution >= 0.6 is 0 Å². The van der Waals surface area contributed by atoms with E-state index in [0.29, 0.717) is 0 Å². The summed E-state index contributed by atoms with van der Waals surface area (Å²) in [5.41, 5.74) is 0.992. The molecule has 1 aromatic rings. The van der Waals surface area contributed by atoms with Gasteiger partial charge in [-0.15, -0.1) is 0 Å². The molecule has 0 N–H and O–H groups in total. The van der Waals surface area contributed by atoms with Crippen LogP contribution in [0.1, 0.15) is 47.4 Å². The highest BCUT2D eigenvalue weighted by Crippen LogP contribution is 1.98. The standard InChI is InChI=1S/C8H11N3.2C2H6/c1-4-8-9-5-6-11(8)10-7(2)3;2*1-2/h4-6H,1H2,2-3H3;2*1-2H3. The molecule has 0 fully saturated rings. The summed E-state index contributed by atoms with van der Waals surface area (Å²) in [6.45, 7) is 15.5. The minimum Gasteiger partial charge on any atom is -0.236 e. The normalized spacial score (nSPS) is 7.60. The third-order valence-corrected chi connectivity index (χ3v) is 1.14. The van der Waals surface area contributed by atoms with Crippen molar-refractivity contribution in [1.82, 2.24) is 9.66 Å². The summed E-state index contributed by atoms with van der Waals surface area (Å²) in [4.78, 5) is 4.03. The average molecular weight is 209 g/mol. The molecule has 1 heterocycles. The predicted molar refractivity (Wildman–Crippen MR) is 69.2 cm³/mol. The molecule has 86 valence electrons. The number of aromatic nitrogens is 2. The Balaban J connectivity index is 0. The second-order valence-electron chi connectivity index (χ2n) is 2.38. The molecular formula is C12H23N3. The highest BCUT2D eigenvalue weighted by atomic mass is 15.4. The van der Waals surface area contributed by atoms with Crippen LogP contribution < -0.4 is 0 Å². The minimum atomic E-state index is 0.770. The van der Waals surface area contributed by atoms with Gasteiger partial charge in [0.25, 0.3) is 0 Å². The van der Waals surface area contributed by atoms with Gasteiger partial charge in [0.2, 0.25) is 0 Å². The van der Waals surface area contributed by atoms with Crippen molar-refractivity contribution in [2.24, 2.45) is 5.10 Å². The lowest BCUT2D eigenvalue weighted by atomic mass is 10.5. The molecule has 1 rings (SSSR count). The molecule has 0 aromatic carbocycles. The highest BCUT2D eigenvalue weighted by molar-refractivity contribution is 5.79. The first kappa shape index (κ1) is 16.1. The zero-order valence-electron chi connectivity index (χ0n) is 10.8. The van der Waals surface area contributed by atoms with Crippen LogP contribution in [-0.2, 0) is 0 Å². The molecule has 0 aliphatic carbocycles. The molecule has 3 nitrogen and oxygen atoms in total. The number of rotatable bonds is 2. The van der Waals surface area contributed by atoms with Crippen LogP contribution in [0.15, 0.2) is 24.1 Å². The fourth-order valence-corrected chi connectivity index (χ4v) is 0.755. The van der Waals surface area contributed by atoms with Gasteiger partial charge in [0.1, 0.15) is 0 Å². The number of imidazole rings is 1. The molecular weight excluding hydrogens is 186 g/mol. The molecule has 0 bridgehead atoms. The fraction of sp³-hybridized carbons (Fsp3) is 0.500. The number of nitrogens with zero attached hydrogens (tertiary/aromatic N) is 3. The molecule has 0 saturated heterocycles. The van der Waals surface area contributed by atoms with E-state index < -0.39 is 0 Å². The van der Waals surface area contributed by atoms with Gasteiger partial charge in [0.05, 0.1) is 0 Å². The van der Waals surface area contributed by atoms with E-state index in [-0.39, 0.29) is 0 Å². The Morgan fingerprint density at radius 2 is 1.87 bits per heavy atom. The van der Waals surface area contributed by atoms with Gasteiger partial charge in [0.15, 0.2) is 5.82 Å². The van der Waals surface area contributed by atoms with Gasteiger partial charge in [-0.3, -0.25) is 0 Å². The molecule has 0 saturated carbocycles. The zero-order valence-corrected chi connectivity index (χ0v) is 10.8. The second-order valence-corrected chi connectivity index (χ2v) is 2.38. The topological polar surface area (TPSA) is 30.2 Å². The quantitative estimate of drug-likeness (QED) is 0.681. The predicted octanol–water partition coefficient (Wildman–Crippen LogP) is 3.82. The van der Waals surface area contributed by atoms with Gasteiger partial charge in [0, 0.05) is 18.1 Å². The Kier molecular flexibility index (Phi) is 11.5. The first-order valence-corrected chi connectivity index (χ1v) is 5.42. The Hall–Kier alpha value is -1.38. The average Bonchev–Trinajstić information content (AvgIpc) is 2.70. The lowest BCUT2D eigenvalue weighted by Crippen LogP contribution is -1.94. The number of hydrogen-bond donors (Lipinski definition) is 0. The molecule has 0 spiro atoms. The van der Waals surface area contributed by atoms with Crippen molar-refractivity contribution in [1.29, 1.82) is 0 Å². The van der Waals surface area contributed by atoms with Crippen LogP contribution in [0.2, 0.25) is 0 Å². The van der Waals surface area contributed by atoms with E-state index in [1.807, 2.05) is 41.5 Å². The number of hydrogen-bond acceptors (Lipinski definition) is 2. The highest BCUT2D eigenvalue weighted by Gasteiger charge is 1.93. The molecule has 1 aromatic heterocycles. The maximum absolute atomic E-state index is 4.19. The van der Waals surface area contributed by atoms with Gasteiger partial charge in [-0.05, 0) is 19.9 Å². The lowest BCUT2D eigenvalue weighted by molar-refractivity contribution is 0.859. The minimum absolute atomic E-state index is 0.770. The smallest absolute Gasteiger partial charge is 0.152 e. The monoisotopic (exact) mass is 209 g/mol. The Labute approximate surface area is 93.5 Å².